The molecule has 0 atom stereocenters. The van der Waals surface area contributed by atoms with Gasteiger partial charge in [0.2, 0.25) is 11.4 Å². The molecule has 0 spiro atoms. The number of rotatable bonds is 24. The summed E-state index contributed by atoms with van der Waals surface area (Å²) in [4.78, 5) is 0. The summed E-state index contributed by atoms with van der Waals surface area (Å²) in [6.45, 7) is 13.6. The van der Waals surface area contributed by atoms with Crippen molar-refractivity contribution in [3.8, 4) is 0 Å². The van der Waals surface area contributed by atoms with Gasteiger partial charge in [-0.15, -0.1) is 0 Å². The van der Waals surface area contributed by atoms with Crippen LogP contribution in [0.4, 0.5) is 0 Å². The predicted molar refractivity (Wildman–Crippen MR) is 205 cm³/mol. The van der Waals surface area contributed by atoms with E-state index < -0.39 is 0 Å². The van der Waals surface area contributed by atoms with Gasteiger partial charge in [-0.1, -0.05) is 103 Å². The third kappa shape index (κ3) is 15.0. The van der Waals surface area contributed by atoms with E-state index in [1.807, 2.05) is 14.4 Å². The summed E-state index contributed by atoms with van der Waals surface area (Å²) in [5, 5.41) is 2.78. The molecule has 2 aromatic rings. The molecule has 0 bridgehead atoms. The summed E-state index contributed by atoms with van der Waals surface area (Å²) in [6.07, 6.45) is 24.5. The van der Waals surface area contributed by atoms with Crippen LogP contribution in [0, 0.1) is 0 Å². The molecule has 3 heteroatoms. The van der Waals surface area contributed by atoms with Gasteiger partial charge in [-0.3, -0.25) is 0 Å². The van der Waals surface area contributed by atoms with Gasteiger partial charge in [0, 0.05) is 22.3 Å². The summed E-state index contributed by atoms with van der Waals surface area (Å²) in [5.41, 5.74) is 21.8. The van der Waals surface area contributed by atoms with E-state index in [-0.39, 0.29) is 0 Å². The maximum absolute atomic E-state index is 11.9. The van der Waals surface area contributed by atoms with Crippen LogP contribution in [0.25, 0.3) is 16.9 Å². The molecule has 0 fully saturated rings. The molecule has 3 rings (SSSR count). The van der Waals surface area contributed by atoms with Gasteiger partial charge in [-0.25, -0.2) is 4.70 Å². The van der Waals surface area contributed by atoms with Crippen molar-refractivity contribution < 1.29 is 19.1 Å². The second-order valence-electron chi connectivity index (χ2n) is 13.4. The van der Waals surface area contributed by atoms with Gasteiger partial charge in [0.1, 0.15) is 0 Å². The Hall–Kier alpha value is -1.99. The van der Waals surface area contributed by atoms with Gasteiger partial charge in [0.25, 0.3) is 0 Å². The monoisotopic (exact) mass is 684 g/mol. The quantitative estimate of drug-likeness (QED) is 0.0597. The third-order valence-corrected chi connectivity index (χ3v) is 10.5. The minimum atomic E-state index is 1.02. The Kier molecular flexibility index (Phi) is 22.7. The molecule has 1 heterocycles. The van der Waals surface area contributed by atoms with Gasteiger partial charge in [0.15, 0.2) is 0 Å². The number of benzene rings is 2. The van der Waals surface area contributed by atoms with Crippen LogP contribution in [0.1, 0.15) is 179 Å². The van der Waals surface area contributed by atoms with Gasteiger partial charge in [-0.05, 0) is 86.8 Å². The third-order valence-electron chi connectivity index (χ3n) is 9.11. The number of aryl methyl sites for hydroxylation is 2. The molecule has 0 radical (unpaired) electrons. The van der Waals surface area contributed by atoms with E-state index in [1.165, 1.54) is 123 Å². The summed E-state index contributed by atoms with van der Waals surface area (Å²) >= 11 is 1.94. The fourth-order valence-electron chi connectivity index (χ4n) is 6.21. The topological polar surface area (TPSA) is 25.3 Å². The average molecular weight is 686 g/mol. The molecule has 2 aromatic carbocycles. The number of unbranched alkanes of at least 4 members (excludes halogenated alkanes) is 10. The fraction of sp³-hybridized carbons (Fsp3) is 0.636. The van der Waals surface area contributed by atoms with Crippen molar-refractivity contribution in [2.24, 2.45) is 0 Å². The molecule has 0 amide bonds. The van der Waals surface area contributed by atoms with E-state index in [4.69, 9.17) is 0 Å². The van der Waals surface area contributed by atoms with Gasteiger partial charge < -0.3 is 5.53 Å². The van der Waals surface area contributed by atoms with Crippen molar-refractivity contribution in [3.05, 3.63) is 87.5 Å². The Morgan fingerprint density at radius 1 is 0.468 bits per heavy atom. The second kappa shape index (κ2) is 26.0. The standard InChI is InChI=1S/C36H52N2.2C4H9.Ni/c1-5-9-13-15-20-30-22-18-24-32(28-30)35-33(25-12-8-4)34(26-16-14-10-6-2)36(38(35)37)31-23-17-21-29(27-31)19-11-7-3;2*1-3-4-2;/h17-18,21-24,27-28H,5-16,19-20,25-26H2,1-4H3;2*1,3-4H2,2H3;. The molecule has 0 saturated carbocycles. The molecule has 0 unspecified atom stereocenters. The minimum absolute atomic E-state index is 1.02. The van der Waals surface area contributed by atoms with Crippen molar-refractivity contribution in [2.75, 3.05) is 0 Å². The Morgan fingerprint density at radius 3 is 1.34 bits per heavy atom. The van der Waals surface area contributed by atoms with Crippen LogP contribution in [0.15, 0.2) is 59.7 Å². The second-order valence-corrected chi connectivity index (χ2v) is 14.9. The van der Waals surface area contributed by atoms with Crippen LogP contribution in [-0.2, 0) is 27.3 Å². The first-order valence-electron chi connectivity index (χ1n) is 19.6. The molecule has 0 aliphatic carbocycles. The fourth-order valence-corrected chi connectivity index (χ4v) is 7.65. The van der Waals surface area contributed by atoms with Crippen LogP contribution >= 0.6 is 0 Å². The normalized spacial score (nSPS) is 13.1. The molecule has 2 nitrogen and oxygen atoms in total. The SMILES string of the molecule is CCCCCCC1=C(c2cccc(CCCC)c2)[N+](=[N-])C(c2cccc(CCCCCC)c2)=C1CCCC.CCC[CH2][Ni][CH2]CCC. The summed E-state index contributed by atoms with van der Waals surface area (Å²) < 4.78 is 1.56. The molecule has 1 aliphatic rings. The molecule has 47 heavy (non-hydrogen) atoms. The number of nitrogens with zero attached hydrogens (tertiary/aromatic N) is 2. The van der Waals surface area contributed by atoms with Crippen molar-refractivity contribution in [1.29, 1.82) is 0 Å². The van der Waals surface area contributed by atoms with Gasteiger partial charge in [-0.2, -0.15) is 0 Å². The van der Waals surface area contributed by atoms with Crippen LogP contribution in [0.2, 0.25) is 10.8 Å². The zero-order chi connectivity index (χ0) is 34.1. The van der Waals surface area contributed by atoms with Crippen molar-refractivity contribution >= 4 is 11.4 Å². The molecule has 1 aliphatic heterocycles. The Morgan fingerprint density at radius 2 is 0.872 bits per heavy atom. The Balaban J connectivity index is 0.000000745. The van der Waals surface area contributed by atoms with Gasteiger partial charge >= 0.3 is 64.8 Å². The first kappa shape index (κ1) is 41.2. The molecular formula is C44H70N2Ni. The van der Waals surface area contributed by atoms with E-state index in [2.05, 4.69) is 90.1 Å². The predicted octanol–water partition coefficient (Wildman–Crippen LogP) is 15.0. The van der Waals surface area contributed by atoms with E-state index in [0.717, 1.165) is 61.0 Å². The summed E-state index contributed by atoms with van der Waals surface area (Å²) in [6, 6.07) is 17.9. The number of allylic oxidation sites excluding steroid dienone is 2. The van der Waals surface area contributed by atoms with Crippen molar-refractivity contribution in [1.82, 2.24) is 0 Å². The zero-order valence-corrected chi connectivity index (χ0v) is 32.4. The molecular weight excluding hydrogens is 615 g/mol. The average Bonchev–Trinajstić information content (AvgIpc) is 3.37. The molecule has 0 N–H and O–H groups in total. The maximum atomic E-state index is 11.9. The van der Waals surface area contributed by atoms with Crippen LogP contribution in [0.3, 0.4) is 0 Å². The van der Waals surface area contributed by atoms with E-state index in [0.29, 0.717) is 0 Å². The zero-order valence-electron chi connectivity index (χ0n) is 31.4. The van der Waals surface area contributed by atoms with Crippen LogP contribution in [-0.4, -0.2) is 4.70 Å². The number of hydrogen-bond donors (Lipinski definition) is 0. The number of hydrogen-bond acceptors (Lipinski definition) is 0. The summed E-state index contributed by atoms with van der Waals surface area (Å²) in [7, 11) is 0. The first-order chi connectivity index (χ1) is 23.1. The van der Waals surface area contributed by atoms with E-state index in [1.54, 1.807) is 4.70 Å². The Labute approximate surface area is 297 Å². The van der Waals surface area contributed by atoms with Crippen LogP contribution < -0.4 is 0 Å². The molecule has 0 aromatic heterocycles. The first-order valence-corrected chi connectivity index (χ1v) is 21.0. The molecule has 0 saturated heterocycles. The Bertz CT molecular complexity index is 1200. The molecule has 266 valence electrons. The van der Waals surface area contributed by atoms with Crippen molar-refractivity contribution in [2.45, 2.75) is 181 Å². The summed E-state index contributed by atoms with van der Waals surface area (Å²) in [5.74, 6) is 0. The van der Waals surface area contributed by atoms with Gasteiger partial charge in [0.05, 0.1) is 0 Å². The van der Waals surface area contributed by atoms with Crippen molar-refractivity contribution in [3.63, 3.8) is 0 Å². The van der Waals surface area contributed by atoms with E-state index in [9.17, 15) is 5.53 Å². The van der Waals surface area contributed by atoms with Crippen LogP contribution in [0.5, 0.6) is 0 Å². The van der Waals surface area contributed by atoms with E-state index >= 15 is 0 Å².